The van der Waals surface area contributed by atoms with E-state index in [1.54, 1.807) is 0 Å². The second kappa shape index (κ2) is 6.40. The van der Waals surface area contributed by atoms with Crippen LogP contribution in [0.2, 0.25) is 0 Å². The lowest BCUT2D eigenvalue weighted by Gasteiger charge is -2.44. The fourth-order valence-electron chi connectivity index (χ4n) is 3.04. The van der Waals surface area contributed by atoms with Crippen LogP contribution in [0.5, 0.6) is 0 Å². The molecule has 0 aromatic heterocycles. The van der Waals surface area contributed by atoms with Gasteiger partial charge in [-0.1, -0.05) is 31.5 Å². The molecule has 1 heterocycles. The molecule has 2 rings (SSSR count). The number of hydrogen-bond donors (Lipinski definition) is 1. The molecule has 19 heavy (non-hydrogen) atoms. The molecule has 1 aromatic rings. The summed E-state index contributed by atoms with van der Waals surface area (Å²) in [7, 11) is 0. The summed E-state index contributed by atoms with van der Waals surface area (Å²) >= 11 is 0. The summed E-state index contributed by atoms with van der Waals surface area (Å²) in [5, 5.41) is 0. The molecule has 0 bridgehead atoms. The molecular formula is C16H26N2O. The largest absolute Gasteiger partial charge is 0.376 e. The molecule has 0 aliphatic carbocycles. The van der Waals surface area contributed by atoms with Crippen molar-refractivity contribution in [2.24, 2.45) is 5.73 Å². The van der Waals surface area contributed by atoms with Crippen LogP contribution in [0.3, 0.4) is 0 Å². The third-order valence-electron chi connectivity index (χ3n) is 4.35. The van der Waals surface area contributed by atoms with Crippen molar-refractivity contribution >= 4 is 5.69 Å². The van der Waals surface area contributed by atoms with Crippen molar-refractivity contribution in [3.8, 4) is 0 Å². The minimum Gasteiger partial charge on any atom is -0.376 e. The van der Waals surface area contributed by atoms with Crippen LogP contribution in [-0.4, -0.2) is 31.3 Å². The Morgan fingerprint density at radius 1 is 1.37 bits per heavy atom. The molecule has 2 unspecified atom stereocenters. The highest BCUT2D eigenvalue weighted by Crippen LogP contribution is 2.35. The molecule has 1 fully saturated rings. The molecular weight excluding hydrogens is 236 g/mol. The zero-order valence-corrected chi connectivity index (χ0v) is 12.1. The maximum absolute atomic E-state index is 6.15. The molecule has 1 saturated heterocycles. The van der Waals surface area contributed by atoms with Crippen molar-refractivity contribution in [1.29, 1.82) is 0 Å². The van der Waals surface area contributed by atoms with Gasteiger partial charge in [0.15, 0.2) is 0 Å². The number of nitrogens with two attached hydrogens (primary N) is 1. The molecule has 1 aliphatic rings. The van der Waals surface area contributed by atoms with Gasteiger partial charge in [-0.3, -0.25) is 0 Å². The fourth-order valence-corrected chi connectivity index (χ4v) is 3.04. The van der Waals surface area contributed by atoms with Gasteiger partial charge >= 0.3 is 0 Å². The number of anilines is 1. The summed E-state index contributed by atoms with van der Waals surface area (Å²) in [6.45, 7) is 6.89. The normalized spacial score (nSPS) is 26.6. The standard InChI is InChI=1S/C16H26N2O/c1-3-4-11-18(15-8-6-5-7-9-15)16(13-17)10-12-19-14(16)2/h5-9,14H,3-4,10-13,17H2,1-2H3. The minimum absolute atomic E-state index is 0.0451. The summed E-state index contributed by atoms with van der Waals surface area (Å²) in [6.07, 6.45) is 3.58. The van der Waals surface area contributed by atoms with Crippen molar-refractivity contribution in [1.82, 2.24) is 0 Å². The average molecular weight is 262 g/mol. The second-order valence-electron chi connectivity index (χ2n) is 5.41. The maximum atomic E-state index is 6.15. The van der Waals surface area contributed by atoms with Crippen LogP contribution >= 0.6 is 0 Å². The van der Waals surface area contributed by atoms with Crippen molar-refractivity contribution in [2.45, 2.75) is 44.8 Å². The Balaban J connectivity index is 2.31. The minimum atomic E-state index is -0.0451. The molecule has 106 valence electrons. The van der Waals surface area contributed by atoms with E-state index in [2.05, 4.69) is 49.1 Å². The first-order valence-corrected chi connectivity index (χ1v) is 7.39. The SMILES string of the molecule is CCCCN(c1ccccc1)C1(CN)CCOC1C. The van der Waals surface area contributed by atoms with Gasteiger partial charge in [0.25, 0.3) is 0 Å². The van der Waals surface area contributed by atoms with Crippen LogP contribution in [0, 0.1) is 0 Å². The van der Waals surface area contributed by atoms with Crippen LogP contribution in [0.1, 0.15) is 33.1 Å². The van der Waals surface area contributed by atoms with Gasteiger partial charge in [0.05, 0.1) is 11.6 Å². The van der Waals surface area contributed by atoms with Crippen molar-refractivity contribution in [2.75, 3.05) is 24.6 Å². The van der Waals surface area contributed by atoms with E-state index in [9.17, 15) is 0 Å². The quantitative estimate of drug-likeness (QED) is 0.856. The summed E-state index contributed by atoms with van der Waals surface area (Å²) in [6, 6.07) is 10.6. The van der Waals surface area contributed by atoms with E-state index in [0.717, 1.165) is 19.6 Å². The topological polar surface area (TPSA) is 38.5 Å². The number of rotatable bonds is 6. The highest BCUT2D eigenvalue weighted by Gasteiger charge is 2.45. The first kappa shape index (κ1) is 14.4. The lowest BCUT2D eigenvalue weighted by molar-refractivity contribution is 0.0945. The average Bonchev–Trinajstić information content (AvgIpc) is 2.83. The van der Waals surface area contributed by atoms with Crippen molar-refractivity contribution in [3.05, 3.63) is 30.3 Å². The smallest absolute Gasteiger partial charge is 0.0803 e. The van der Waals surface area contributed by atoms with Gasteiger partial charge in [0, 0.05) is 25.4 Å². The van der Waals surface area contributed by atoms with Gasteiger partial charge in [0.1, 0.15) is 0 Å². The van der Waals surface area contributed by atoms with Gasteiger partial charge in [-0.15, -0.1) is 0 Å². The summed E-state index contributed by atoms with van der Waals surface area (Å²) in [5.41, 5.74) is 7.37. The van der Waals surface area contributed by atoms with Crippen LogP contribution in [0.25, 0.3) is 0 Å². The first-order chi connectivity index (χ1) is 9.24. The van der Waals surface area contributed by atoms with Gasteiger partial charge in [-0.2, -0.15) is 0 Å². The summed E-state index contributed by atoms with van der Waals surface area (Å²) in [4.78, 5) is 2.48. The van der Waals surface area contributed by atoms with E-state index in [0.29, 0.717) is 6.54 Å². The van der Waals surface area contributed by atoms with Crippen LogP contribution < -0.4 is 10.6 Å². The Morgan fingerprint density at radius 3 is 2.63 bits per heavy atom. The van der Waals surface area contributed by atoms with E-state index >= 15 is 0 Å². The molecule has 1 aromatic carbocycles. The van der Waals surface area contributed by atoms with E-state index in [-0.39, 0.29) is 11.6 Å². The number of ether oxygens (including phenoxy) is 1. The maximum Gasteiger partial charge on any atom is 0.0803 e. The molecule has 0 radical (unpaired) electrons. The van der Waals surface area contributed by atoms with Crippen molar-refractivity contribution in [3.63, 3.8) is 0 Å². The molecule has 1 aliphatic heterocycles. The Bertz CT molecular complexity index is 382. The lowest BCUT2D eigenvalue weighted by Crippen LogP contribution is -2.58. The monoisotopic (exact) mass is 262 g/mol. The van der Waals surface area contributed by atoms with E-state index in [4.69, 9.17) is 10.5 Å². The Labute approximate surface area is 116 Å². The van der Waals surface area contributed by atoms with Gasteiger partial charge in [-0.25, -0.2) is 0 Å². The predicted octanol–water partition coefficient (Wildman–Crippen LogP) is 2.80. The van der Waals surface area contributed by atoms with Crippen LogP contribution in [0.15, 0.2) is 30.3 Å². The molecule has 0 saturated carbocycles. The molecule has 3 nitrogen and oxygen atoms in total. The number of benzene rings is 1. The number of para-hydroxylation sites is 1. The highest BCUT2D eigenvalue weighted by molar-refractivity contribution is 5.50. The molecule has 2 N–H and O–H groups in total. The van der Waals surface area contributed by atoms with E-state index < -0.39 is 0 Å². The third kappa shape index (κ3) is 2.77. The second-order valence-corrected chi connectivity index (χ2v) is 5.41. The zero-order chi connectivity index (χ0) is 13.7. The molecule has 0 amide bonds. The number of hydrogen-bond acceptors (Lipinski definition) is 3. The third-order valence-corrected chi connectivity index (χ3v) is 4.35. The first-order valence-electron chi connectivity index (χ1n) is 7.39. The van der Waals surface area contributed by atoms with E-state index in [1.165, 1.54) is 18.5 Å². The van der Waals surface area contributed by atoms with Gasteiger partial charge in [-0.05, 0) is 31.9 Å². The van der Waals surface area contributed by atoms with Gasteiger partial charge < -0.3 is 15.4 Å². The molecule has 0 spiro atoms. The lowest BCUT2D eigenvalue weighted by atomic mass is 9.88. The Kier molecular flexibility index (Phi) is 4.83. The number of unbranched alkanes of at least 4 members (excludes halogenated alkanes) is 1. The summed E-state index contributed by atoms with van der Waals surface area (Å²) in [5.74, 6) is 0. The summed E-state index contributed by atoms with van der Waals surface area (Å²) < 4.78 is 5.82. The van der Waals surface area contributed by atoms with Crippen LogP contribution in [-0.2, 0) is 4.74 Å². The van der Waals surface area contributed by atoms with E-state index in [1.807, 2.05) is 0 Å². The predicted molar refractivity (Wildman–Crippen MR) is 80.5 cm³/mol. The Morgan fingerprint density at radius 2 is 2.11 bits per heavy atom. The molecule has 3 heteroatoms. The molecule has 2 atom stereocenters. The van der Waals surface area contributed by atoms with Gasteiger partial charge in [0.2, 0.25) is 0 Å². The Hall–Kier alpha value is -1.06. The number of nitrogens with zero attached hydrogens (tertiary/aromatic N) is 1. The van der Waals surface area contributed by atoms with Crippen LogP contribution in [0.4, 0.5) is 5.69 Å². The van der Waals surface area contributed by atoms with Crippen molar-refractivity contribution < 1.29 is 4.74 Å². The fraction of sp³-hybridized carbons (Fsp3) is 0.625. The zero-order valence-electron chi connectivity index (χ0n) is 12.1. The highest BCUT2D eigenvalue weighted by atomic mass is 16.5.